The highest BCUT2D eigenvalue weighted by Crippen LogP contribution is 2.25. The molecule has 96 valence electrons. The molecule has 0 saturated heterocycles. The minimum absolute atomic E-state index is 0.768. The number of aryl methyl sites for hydroxylation is 1. The number of fused-ring (bicyclic) bond motifs is 1. The fourth-order valence-corrected chi connectivity index (χ4v) is 1.99. The topological polar surface area (TPSA) is 57.1 Å². The number of hydrogen-bond donors (Lipinski definition) is 0. The van der Waals surface area contributed by atoms with Crippen LogP contribution in [0.2, 0.25) is 0 Å². The molecule has 1 aromatic rings. The largest absolute Gasteiger partial charge is 0.534 e. The highest BCUT2D eigenvalue weighted by molar-refractivity contribution is 6.02. The second-order valence-electron chi connectivity index (χ2n) is 3.96. The molecule has 1 aliphatic carbocycles. The van der Waals surface area contributed by atoms with Crippen LogP contribution in [0.5, 0.6) is 5.75 Å². The van der Waals surface area contributed by atoms with E-state index in [-0.39, 0.29) is 0 Å². The van der Waals surface area contributed by atoms with Gasteiger partial charge in [-0.2, -0.15) is 0 Å². The average Bonchev–Trinajstić information content (AvgIpc) is 2.43. The summed E-state index contributed by atoms with van der Waals surface area (Å²) in [4.78, 5) is 15.5. The summed E-state index contributed by atoms with van der Waals surface area (Å²) < 4.78 is 9.56. The standard InChI is InChI=1S/C13H15NO4/c1-16-10-6-7-11-9(8-10)4-3-5-12(11)14-18-13(15)17-2/h6-8H,3-5H2,1-2H3/b14-12+. The van der Waals surface area contributed by atoms with E-state index in [1.807, 2.05) is 18.2 Å². The third kappa shape index (κ3) is 2.61. The Morgan fingerprint density at radius 3 is 2.83 bits per heavy atom. The van der Waals surface area contributed by atoms with Gasteiger partial charge in [0.25, 0.3) is 0 Å². The van der Waals surface area contributed by atoms with Gasteiger partial charge in [-0.25, -0.2) is 4.79 Å². The molecule has 5 heteroatoms. The molecule has 0 amide bonds. The van der Waals surface area contributed by atoms with E-state index in [1.165, 1.54) is 7.11 Å². The van der Waals surface area contributed by atoms with Gasteiger partial charge < -0.3 is 9.47 Å². The van der Waals surface area contributed by atoms with Gasteiger partial charge in [0, 0.05) is 5.56 Å². The number of methoxy groups -OCH3 is 2. The van der Waals surface area contributed by atoms with Crippen molar-refractivity contribution in [1.29, 1.82) is 0 Å². The van der Waals surface area contributed by atoms with Crippen LogP contribution in [-0.4, -0.2) is 26.1 Å². The predicted octanol–water partition coefficient (Wildman–Crippen LogP) is 2.52. The maximum Gasteiger partial charge on any atom is 0.534 e. The highest BCUT2D eigenvalue weighted by Gasteiger charge is 2.17. The maximum atomic E-state index is 10.9. The highest BCUT2D eigenvalue weighted by atomic mass is 16.8. The van der Waals surface area contributed by atoms with Crippen LogP contribution in [0.3, 0.4) is 0 Å². The van der Waals surface area contributed by atoms with Crippen molar-refractivity contribution in [3.8, 4) is 5.75 Å². The molecule has 0 aromatic heterocycles. The van der Waals surface area contributed by atoms with Crippen molar-refractivity contribution in [2.45, 2.75) is 19.3 Å². The quantitative estimate of drug-likeness (QED) is 0.459. The van der Waals surface area contributed by atoms with E-state index in [0.717, 1.165) is 41.9 Å². The van der Waals surface area contributed by atoms with Crippen molar-refractivity contribution >= 4 is 11.9 Å². The molecule has 0 N–H and O–H groups in total. The normalized spacial score (nSPS) is 16.0. The minimum atomic E-state index is -0.803. The Kier molecular flexibility index (Phi) is 3.82. The number of benzene rings is 1. The summed E-state index contributed by atoms with van der Waals surface area (Å²) in [5.41, 5.74) is 2.93. The second-order valence-corrected chi connectivity index (χ2v) is 3.96. The van der Waals surface area contributed by atoms with E-state index in [2.05, 4.69) is 14.7 Å². The van der Waals surface area contributed by atoms with Crippen molar-refractivity contribution in [2.24, 2.45) is 5.16 Å². The molecule has 0 aliphatic heterocycles. The molecular weight excluding hydrogens is 234 g/mol. The molecule has 0 spiro atoms. The summed E-state index contributed by atoms with van der Waals surface area (Å²) in [7, 11) is 2.89. The first-order valence-electron chi connectivity index (χ1n) is 5.73. The Bertz CT molecular complexity index is 482. The Balaban J connectivity index is 2.25. The molecular formula is C13H15NO4. The molecule has 0 radical (unpaired) electrons. The lowest BCUT2D eigenvalue weighted by Gasteiger charge is -2.17. The zero-order valence-corrected chi connectivity index (χ0v) is 10.4. The first-order valence-corrected chi connectivity index (χ1v) is 5.73. The van der Waals surface area contributed by atoms with Gasteiger partial charge >= 0.3 is 6.16 Å². The van der Waals surface area contributed by atoms with Crippen molar-refractivity contribution in [3.05, 3.63) is 29.3 Å². The number of carbonyl (C=O) groups is 1. The summed E-state index contributed by atoms with van der Waals surface area (Å²) in [5.74, 6) is 0.823. The summed E-state index contributed by atoms with van der Waals surface area (Å²) in [6.45, 7) is 0. The molecule has 0 saturated carbocycles. The lowest BCUT2D eigenvalue weighted by atomic mass is 9.90. The van der Waals surface area contributed by atoms with Crippen LogP contribution in [-0.2, 0) is 16.0 Å². The molecule has 18 heavy (non-hydrogen) atoms. The lowest BCUT2D eigenvalue weighted by molar-refractivity contribution is 0.0751. The van der Waals surface area contributed by atoms with Crippen LogP contribution in [0.1, 0.15) is 24.0 Å². The molecule has 2 rings (SSSR count). The van der Waals surface area contributed by atoms with Crippen LogP contribution >= 0.6 is 0 Å². The first kappa shape index (κ1) is 12.4. The SMILES string of the molecule is COC(=O)O/N=C1\CCCc2cc(OC)ccc21. The Hall–Kier alpha value is -2.04. The van der Waals surface area contributed by atoms with E-state index in [0.29, 0.717) is 0 Å². The molecule has 1 aliphatic rings. The number of oxime groups is 1. The zero-order chi connectivity index (χ0) is 13.0. The predicted molar refractivity (Wildman–Crippen MR) is 66.0 cm³/mol. The van der Waals surface area contributed by atoms with Crippen molar-refractivity contribution < 1.29 is 19.1 Å². The minimum Gasteiger partial charge on any atom is -0.497 e. The molecule has 5 nitrogen and oxygen atoms in total. The Morgan fingerprint density at radius 2 is 2.11 bits per heavy atom. The fraction of sp³-hybridized carbons (Fsp3) is 0.385. The average molecular weight is 249 g/mol. The molecule has 0 heterocycles. The number of nitrogens with zero attached hydrogens (tertiary/aromatic N) is 1. The summed E-state index contributed by atoms with van der Waals surface area (Å²) >= 11 is 0. The summed E-state index contributed by atoms with van der Waals surface area (Å²) in [6, 6.07) is 5.80. The van der Waals surface area contributed by atoms with Crippen molar-refractivity contribution in [3.63, 3.8) is 0 Å². The Labute approximate surface area is 105 Å². The van der Waals surface area contributed by atoms with Crippen LogP contribution in [0, 0.1) is 0 Å². The zero-order valence-electron chi connectivity index (χ0n) is 10.4. The second kappa shape index (κ2) is 5.53. The van der Waals surface area contributed by atoms with Gasteiger partial charge in [0.2, 0.25) is 0 Å². The molecule has 0 fully saturated rings. The number of rotatable bonds is 2. The van der Waals surface area contributed by atoms with E-state index < -0.39 is 6.16 Å². The number of carbonyl (C=O) groups excluding carboxylic acids is 1. The Morgan fingerprint density at radius 1 is 1.28 bits per heavy atom. The van der Waals surface area contributed by atoms with Gasteiger partial charge in [-0.3, -0.25) is 4.84 Å². The number of ether oxygens (including phenoxy) is 2. The number of hydrogen-bond acceptors (Lipinski definition) is 5. The molecule has 0 unspecified atom stereocenters. The fourth-order valence-electron chi connectivity index (χ4n) is 1.99. The van der Waals surface area contributed by atoms with Crippen LogP contribution in [0.25, 0.3) is 0 Å². The van der Waals surface area contributed by atoms with Gasteiger partial charge in [-0.05, 0) is 43.0 Å². The molecule has 1 aromatic carbocycles. The van der Waals surface area contributed by atoms with E-state index >= 15 is 0 Å². The van der Waals surface area contributed by atoms with Gasteiger partial charge in [-0.1, -0.05) is 5.16 Å². The van der Waals surface area contributed by atoms with Gasteiger partial charge in [0.1, 0.15) is 5.75 Å². The van der Waals surface area contributed by atoms with Gasteiger partial charge in [0.05, 0.1) is 19.9 Å². The third-order valence-electron chi connectivity index (χ3n) is 2.88. The summed E-state index contributed by atoms with van der Waals surface area (Å²) in [5, 5.41) is 3.85. The van der Waals surface area contributed by atoms with Gasteiger partial charge in [-0.15, -0.1) is 0 Å². The van der Waals surface area contributed by atoms with Gasteiger partial charge in [0.15, 0.2) is 0 Å². The smallest absolute Gasteiger partial charge is 0.497 e. The van der Waals surface area contributed by atoms with Crippen LogP contribution in [0.15, 0.2) is 23.4 Å². The first-order chi connectivity index (χ1) is 8.74. The van der Waals surface area contributed by atoms with Crippen LogP contribution < -0.4 is 4.74 Å². The molecule has 0 atom stereocenters. The van der Waals surface area contributed by atoms with Crippen molar-refractivity contribution in [1.82, 2.24) is 0 Å². The van der Waals surface area contributed by atoms with Crippen LogP contribution in [0.4, 0.5) is 4.79 Å². The molecule has 0 bridgehead atoms. The lowest BCUT2D eigenvalue weighted by Crippen LogP contribution is -2.13. The van der Waals surface area contributed by atoms with Crippen molar-refractivity contribution in [2.75, 3.05) is 14.2 Å². The maximum absolute atomic E-state index is 10.9. The monoisotopic (exact) mass is 249 g/mol. The van der Waals surface area contributed by atoms with E-state index in [4.69, 9.17) is 4.74 Å². The van der Waals surface area contributed by atoms with E-state index in [1.54, 1.807) is 7.11 Å². The van der Waals surface area contributed by atoms with E-state index in [9.17, 15) is 4.79 Å². The third-order valence-corrected chi connectivity index (χ3v) is 2.88. The summed E-state index contributed by atoms with van der Waals surface area (Å²) in [6.07, 6.45) is 1.94.